The summed E-state index contributed by atoms with van der Waals surface area (Å²) < 4.78 is 0. The van der Waals surface area contributed by atoms with Gasteiger partial charge in [0.05, 0.1) is 0 Å². The molecule has 1 aromatic rings. The van der Waals surface area contributed by atoms with E-state index < -0.39 is 0 Å². The molecule has 2 rings (SSSR count). The Morgan fingerprint density at radius 3 is 2.68 bits per heavy atom. The molecule has 1 saturated carbocycles. The van der Waals surface area contributed by atoms with E-state index >= 15 is 0 Å². The van der Waals surface area contributed by atoms with Crippen molar-refractivity contribution in [3.63, 3.8) is 0 Å². The molecule has 4 heteroatoms. The molecule has 104 valence electrons. The summed E-state index contributed by atoms with van der Waals surface area (Å²) in [5.41, 5.74) is 8.33. The largest absolute Gasteiger partial charge is 0.409 e. The molecule has 0 amide bonds. The monoisotopic (exact) mass is 261 g/mol. The van der Waals surface area contributed by atoms with Crippen LogP contribution in [0.25, 0.3) is 0 Å². The zero-order valence-electron chi connectivity index (χ0n) is 11.7. The van der Waals surface area contributed by atoms with Gasteiger partial charge in [0, 0.05) is 18.7 Å². The molecule has 1 aromatic carbocycles. The molecular weight excluding hydrogens is 238 g/mol. The van der Waals surface area contributed by atoms with Gasteiger partial charge in [-0.05, 0) is 35.8 Å². The zero-order chi connectivity index (χ0) is 13.9. The summed E-state index contributed by atoms with van der Waals surface area (Å²) in [4.78, 5) is 0. The summed E-state index contributed by atoms with van der Waals surface area (Å²) >= 11 is 0. The Kier molecular flexibility index (Phi) is 3.98. The van der Waals surface area contributed by atoms with Crippen LogP contribution in [-0.2, 0) is 0 Å². The van der Waals surface area contributed by atoms with E-state index in [4.69, 9.17) is 10.9 Å². The van der Waals surface area contributed by atoms with Gasteiger partial charge >= 0.3 is 0 Å². The van der Waals surface area contributed by atoms with Crippen molar-refractivity contribution in [3.05, 3.63) is 29.8 Å². The topological polar surface area (TPSA) is 70.6 Å². The number of amidine groups is 1. The molecule has 0 aromatic heterocycles. The molecular formula is C15H23N3O. The number of para-hydroxylation sites is 1. The van der Waals surface area contributed by atoms with Crippen LogP contribution in [0.1, 0.15) is 44.6 Å². The second-order valence-corrected chi connectivity index (χ2v) is 5.86. The van der Waals surface area contributed by atoms with Crippen LogP contribution in [0.4, 0.5) is 5.69 Å². The number of nitrogens with two attached hydrogens (primary N) is 1. The summed E-state index contributed by atoms with van der Waals surface area (Å²) in [6.07, 6.45) is 2.94. The van der Waals surface area contributed by atoms with E-state index in [-0.39, 0.29) is 5.41 Å². The molecule has 0 aliphatic heterocycles. The summed E-state index contributed by atoms with van der Waals surface area (Å²) in [6.45, 7) is 5.28. The van der Waals surface area contributed by atoms with Gasteiger partial charge in [-0.1, -0.05) is 37.2 Å². The molecule has 1 fully saturated rings. The summed E-state index contributed by atoms with van der Waals surface area (Å²) in [6, 6.07) is 8.41. The maximum Gasteiger partial charge on any atom is 0.139 e. The number of nitrogens with zero attached hydrogens (tertiary/aromatic N) is 1. The molecule has 0 atom stereocenters. The maximum absolute atomic E-state index is 8.67. The van der Waals surface area contributed by atoms with Gasteiger partial charge in [-0.3, -0.25) is 0 Å². The predicted molar refractivity (Wildman–Crippen MR) is 78.7 cm³/mol. The maximum atomic E-state index is 8.67. The SMILES string of the molecule is CC(C)c1ccccc1NCC1(CC(N)=NO)CC1. The van der Waals surface area contributed by atoms with Crippen LogP contribution in [0.3, 0.4) is 0 Å². The minimum atomic E-state index is 0.181. The lowest BCUT2D eigenvalue weighted by molar-refractivity contribution is 0.315. The number of hydrogen-bond acceptors (Lipinski definition) is 3. The molecule has 0 bridgehead atoms. The molecule has 0 spiro atoms. The van der Waals surface area contributed by atoms with Gasteiger partial charge in [-0.15, -0.1) is 0 Å². The van der Waals surface area contributed by atoms with Crippen molar-refractivity contribution in [2.45, 2.75) is 39.0 Å². The van der Waals surface area contributed by atoms with E-state index in [0.717, 1.165) is 19.4 Å². The lowest BCUT2D eigenvalue weighted by atomic mass is 9.99. The summed E-state index contributed by atoms with van der Waals surface area (Å²) in [5.74, 6) is 0.833. The lowest BCUT2D eigenvalue weighted by Crippen LogP contribution is -2.24. The van der Waals surface area contributed by atoms with Gasteiger partial charge in [0.15, 0.2) is 0 Å². The Morgan fingerprint density at radius 2 is 2.11 bits per heavy atom. The quantitative estimate of drug-likeness (QED) is 0.319. The van der Waals surface area contributed by atoms with Gasteiger partial charge in [0.25, 0.3) is 0 Å². The van der Waals surface area contributed by atoms with Gasteiger partial charge in [0.2, 0.25) is 0 Å². The highest BCUT2D eigenvalue weighted by atomic mass is 16.4. The third-order valence-corrected chi connectivity index (χ3v) is 3.88. The number of benzene rings is 1. The standard InChI is InChI=1S/C15H23N3O/c1-11(2)12-5-3-4-6-13(12)17-10-15(7-8-15)9-14(16)18-19/h3-6,11,17,19H,7-10H2,1-2H3,(H2,16,18). The lowest BCUT2D eigenvalue weighted by Gasteiger charge is -2.19. The Hall–Kier alpha value is -1.71. The predicted octanol–water partition coefficient (Wildman–Crippen LogP) is 3.14. The highest BCUT2D eigenvalue weighted by molar-refractivity contribution is 5.80. The molecule has 4 N–H and O–H groups in total. The number of anilines is 1. The molecule has 0 radical (unpaired) electrons. The van der Waals surface area contributed by atoms with E-state index in [2.05, 4.69) is 48.6 Å². The van der Waals surface area contributed by atoms with Gasteiger partial charge in [-0.25, -0.2) is 0 Å². The fraction of sp³-hybridized carbons (Fsp3) is 0.533. The Morgan fingerprint density at radius 1 is 1.42 bits per heavy atom. The Labute approximate surface area is 114 Å². The third kappa shape index (κ3) is 3.40. The average Bonchev–Trinajstić information content (AvgIpc) is 3.16. The normalized spacial score (nSPS) is 17.5. The van der Waals surface area contributed by atoms with Crippen LogP contribution >= 0.6 is 0 Å². The average molecular weight is 261 g/mol. The van der Waals surface area contributed by atoms with E-state index in [1.54, 1.807) is 0 Å². The van der Waals surface area contributed by atoms with Crippen molar-refractivity contribution in [3.8, 4) is 0 Å². The van der Waals surface area contributed by atoms with Gasteiger partial charge in [-0.2, -0.15) is 0 Å². The fourth-order valence-corrected chi connectivity index (χ4v) is 2.46. The second kappa shape index (κ2) is 5.51. The molecule has 0 unspecified atom stereocenters. The van der Waals surface area contributed by atoms with Crippen molar-refractivity contribution in [1.29, 1.82) is 0 Å². The zero-order valence-corrected chi connectivity index (χ0v) is 11.7. The number of rotatable bonds is 6. The smallest absolute Gasteiger partial charge is 0.139 e. The van der Waals surface area contributed by atoms with E-state index in [1.807, 2.05) is 0 Å². The molecule has 19 heavy (non-hydrogen) atoms. The molecule has 1 aliphatic carbocycles. The molecule has 4 nitrogen and oxygen atoms in total. The van der Waals surface area contributed by atoms with Crippen molar-refractivity contribution < 1.29 is 5.21 Å². The van der Waals surface area contributed by atoms with Gasteiger partial charge < -0.3 is 16.3 Å². The number of oxime groups is 1. The van der Waals surface area contributed by atoms with Crippen molar-refractivity contribution in [2.24, 2.45) is 16.3 Å². The Bertz CT molecular complexity index is 464. The first kappa shape index (κ1) is 13.7. The third-order valence-electron chi connectivity index (χ3n) is 3.88. The molecule has 1 aliphatic rings. The first-order valence-corrected chi connectivity index (χ1v) is 6.85. The molecule has 0 heterocycles. The van der Waals surface area contributed by atoms with Crippen LogP contribution < -0.4 is 11.1 Å². The number of nitrogens with one attached hydrogen (secondary N) is 1. The van der Waals surface area contributed by atoms with Crippen LogP contribution in [-0.4, -0.2) is 17.6 Å². The van der Waals surface area contributed by atoms with Crippen LogP contribution in [0.2, 0.25) is 0 Å². The first-order chi connectivity index (χ1) is 9.06. The van der Waals surface area contributed by atoms with Crippen LogP contribution in [0.15, 0.2) is 29.4 Å². The molecule has 0 saturated heterocycles. The summed E-state index contributed by atoms with van der Waals surface area (Å²) in [5, 5.41) is 15.3. The van der Waals surface area contributed by atoms with Crippen molar-refractivity contribution in [1.82, 2.24) is 0 Å². The minimum absolute atomic E-state index is 0.181. The minimum Gasteiger partial charge on any atom is -0.409 e. The van der Waals surface area contributed by atoms with Crippen molar-refractivity contribution >= 4 is 11.5 Å². The van der Waals surface area contributed by atoms with E-state index in [1.165, 1.54) is 11.3 Å². The van der Waals surface area contributed by atoms with Crippen molar-refractivity contribution in [2.75, 3.05) is 11.9 Å². The Balaban J connectivity index is 2.00. The van der Waals surface area contributed by atoms with Crippen LogP contribution in [0.5, 0.6) is 0 Å². The first-order valence-electron chi connectivity index (χ1n) is 6.85. The highest BCUT2D eigenvalue weighted by Crippen LogP contribution is 2.48. The summed E-state index contributed by atoms with van der Waals surface area (Å²) in [7, 11) is 0. The second-order valence-electron chi connectivity index (χ2n) is 5.86. The van der Waals surface area contributed by atoms with Crippen LogP contribution in [0, 0.1) is 5.41 Å². The van der Waals surface area contributed by atoms with Gasteiger partial charge in [0.1, 0.15) is 5.84 Å². The number of hydrogen-bond donors (Lipinski definition) is 3. The van der Waals surface area contributed by atoms with E-state index in [0.29, 0.717) is 18.2 Å². The van der Waals surface area contributed by atoms with E-state index in [9.17, 15) is 0 Å². The fourth-order valence-electron chi connectivity index (χ4n) is 2.46. The highest BCUT2D eigenvalue weighted by Gasteiger charge is 2.43.